The highest BCUT2D eigenvalue weighted by Crippen LogP contribution is 2.24. The summed E-state index contributed by atoms with van der Waals surface area (Å²) in [6.07, 6.45) is 1.63. The van der Waals surface area contributed by atoms with Gasteiger partial charge >= 0.3 is 0 Å². The van der Waals surface area contributed by atoms with Crippen molar-refractivity contribution >= 4 is 40.9 Å². The Morgan fingerprint density at radius 2 is 1.84 bits per heavy atom. The fourth-order valence-corrected chi connectivity index (χ4v) is 3.13. The van der Waals surface area contributed by atoms with Crippen LogP contribution in [0.1, 0.15) is 22.5 Å². The molecule has 0 saturated carbocycles. The predicted octanol–water partition coefficient (Wildman–Crippen LogP) is 2.78. The fraction of sp³-hybridized carbons (Fsp3) is 0.211. The van der Waals surface area contributed by atoms with Gasteiger partial charge in [-0.2, -0.15) is 0 Å². The van der Waals surface area contributed by atoms with Crippen molar-refractivity contribution < 1.29 is 9.59 Å². The van der Waals surface area contributed by atoms with Crippen molar-refractivity contribution in [3.8, 4) is 0 Å². The van der Waals surface area contributed by atoms with E-state index in [1.54, 1.807) is 12.1 Å². The van der Waals surface area contributed by atoms with Crippen LogP contribution < -0.4 is 10.2 Å². The first kappa shape index (κ1) is 17.1. The Hall–Kier alpha value is -2.73. The van der Waals surface area contributed by atoms with E-state index < -0.39 is 11.8 Å². The third-order valence-corrected chi connectivity index (χ3v) is 4.76. The molecule has 1 aliphatic rings. The molecule has 0 unspecified atom stereocenters. The summed E-state index contributed by atoms with van der Waals surface area (Å²) in [4.78, 5) is 26.7. The number of amides is 2. The molecule has 128 valence electrons. The minimum Gasteiger partial charge on any atom is -0.352 e. The van der Waals surface area contributed by atoms with Gasteiger partial charge in [-0.05, 0) is 68.4 Å². The van der Waals surface area contributed by atoms with Crippen LogP contribution in [0, 0.1) is 20.8 Å². The number of benzene rings is 1. The van der Waals surface area contributed by atoms with Crippen molar-refractivity contribution in [1.82, 2.24) is 9.88 Å². The van der Waals surface area contributed by atoms with Gasteiger partial charge in [-0.3, -0.25) is 19.8 Å². The van der Waals surface area contributed by atoms with Gasteiger partial charge in [0.1, 0.15) is 5.57 Å². The second-order valence-corrected chi connectivity index (χ2v) is 6.57. The lowest BCUT2D eigenvalue weighted by molar-refractivity contribution is -0.122. The smallest absolute Gasteiger partial charge is 0.270 e. The van der Waals surface area contributed by atoms with Gasteiger partial charge in [-0.15, -0.1) is 0 Å². The molecule has 0 atom stereocenters. The van der Waals surface area contributed by atoms with Crippen LogP contribution in [0.5, 0.6) is 0 Å². The molecule has 6 heteroatoms. The predicted molar refractivity (Wildman–Crippen MR) is 102 cm³/mol. The normalized spacial score (nSPS) is 16.6. The molecule has 0 radical (unpaired) electrons. The van der Waals surface area contributed by atoms with Crippen molar-refractivity contribution in [2.75, 3.05) is 4.90 Å². The number of nitrogens with one attached hydrogen (secondary N) is 1. The van der Waals surface area contributed by atoms with Crippen molar-refractivity contribution in [2.45, 2.75) is 20.8 Å². The van der Waals surface area contributed by atoms with Crippen LogP contribution in [0.3, 0.4) is 0 Å². The number of rotatable bonds is 2. The van der Waals surface area contributed by atoms with Crippen LogP contribution in [0.15, 0.2) is 35.9 Å². The SMILES string of the molecule is Cc1cccc(N2C(=O)C(=Cc3cc(C)n(C)c3C)C(=O)NC2=S)c1. The Morgan fingerprint density at radius 1 is 1.12 bits per heavy atom. The summed E-state index contributed by atoms with van der Waals surface area (Å²) < 4.78 is 2.01. The summed E-state index contributed by atoms with van der Waals surface area (Å²) in [7, 11) is 1.95. The standard InChI is InChI=1S/C19H19N3O2S/c1-11-6-5-7-15(8-11)22-18(24)16(17(23)20-19(22)25)10-14-9-12(2)21(4)13(14)3/h5-10H,1-4H3,(H,20,23,25). The maximum atomic E-state index is 13.0. The molecule has 2 amide bonds. The lowest BCUT2D eigenvalue weighted by Crippen LogP contribution is -2.54. The Bertz CT molecular complexity index is 940. The van der Waals surface area contributed by atoms with E-state index in [0.29, 0.717) is 5.69 Å². The summed E-state index contributed by atoms with van der Waals surface area (Å²) >= 11 is 5.22. The number of hydrogen-bond donors (Lipinski definition) is 1. The average Bonchev–Trinajstić information content (AvgIpc) is 2.78. The average molecular weight is 353 g/mol. The highest BCUT2D eigenvalue weighted by Gasteiger charge is 2.34. The fourth-order valence-electron chi connectivity index (χ4n) is 2.85. The molecule has 1 aromatic heterocycles. The number of hydrogen-bond acceptors (Lipinski definition) is 3. The summed E-state index contributed by atoms with van der Waals surface area (Å²) in [6.45, 7) is 5.87. The molecule has 5 nitrogen and oxygen atoms in total. The third kappa shape index (κ3) is 3.00. The number of thiocarbonyl (C=S) groups is 1. The molecule has 0 bridgehead atoms. The molecule has 1 fully saturated rings. The van der Waals surface area contributed by atoms with E-state index in [1.165, 1.54) is 4.90 Å². The van der Waals surface area contributed by atoms with Crippen molar-refractivity contribution in [1.29, 1.82) is 0 Å². The highest BCUT2D eigenvalue weighted by atomic mass is 32.1. The number of carbonyl (C=O) groups excluding carboxylic acids is 2. The maximum absolute atomic E-state index is 13.0. The van der Waals surface area contributed by atoms with Gasteiger partial charge in [0.05, 0.1) is 5.69 Å². The van der Waals surface area contributed by atoms with Crippen LogP contribution in [0.4, 0.5) is 5.69 Å². The van der Waals surface area contributed by atoms with Gasteiger partial charge in [-0.1, -0.05) is 12.1 Å². The largest absolute Gasteiger partial charge is 0.352 e. The molecule has 1 N–H and O–H groups in total. The molecular formula is C19H19N3O2S. The van der Waals surface area contributed by atoms with Crippen molar-refractivity contribution in [2.24, 2.45) is 7.05 Å². The lowest BCUT2D eigenvalue weighted by Gasteiger charge is -2.29. The number of nitrogens with zero attached hydrogens (tertiary/aromatic N) is 2. The molecule has 3 rings (SSSR count). The summed E-state index contributed by atoms with van der Waals surface area (Å²) in [5, 5.41) is 2.71. The van der Waals surface area contributed by atoms with Crippen molar-refractivity contribution in [3.63, 3.8) is 0 Å². The Kier molecular flexibility index (Phi) is 4.30. The monoisotopic (exact) mass is 353 g/mol. The third-order valence-electron chi connectivity index (χ3n) is 4.48. The molecule has 0 spiro atoms. The molecule has 25 heavy (non-hydrogen) atoms. The van der Waals surface area contributed by atoms with Gasteiger partial charge in [-0.25, -0.2) is 0 Å². The minimum atomic E-state index is -0.472. The quantitative estimate of drug-likeness (QED) is 0.513. The first-order chi connectivity index (χ1) is 11.8. The topological polar surface area (TPSA) is 54.3 Å². The van der Waals surface area contributed by atoms with Crippen molar-refractivity contribution in [3.05, 3.63) is 58.4 Å². The first-order valence-corrected chi connectivity index (χ1v) is 8.31. The number of carbonyl (C=O) groups is 2. The van der Waals surface area contributed by atoms with Crippen LogP contribution in [-0.2, 0) is 16.6 Å². The highest BCUT2D eigenvalue weighted by molar-refractivity contribution is 7.80. The second kappa shape index (κ2) is 6.29. The van der Waals surface area contributed by atoms with Crippen LogP contribution >= 0.6 is 12.2 Å². The number of aryl methyl sites for hydroxylation is 2. The lowest BCUT2D eigenvalue weighted by atomic mass is 10.1. The van der Waals surface area contributed by atoms with E-state index in [0.717, 1.165) is 22.5 Å². The number of anilines is 1. The van der Waals surface area contributed by atoms with Gasteiger partial charge in [0, 0.05) is 18.4 Å². The van der Waals surface area contributed by atoms with E-state index in [2.05, 4.69) is 5.32 Å². The van der Waals surface area contributed by atoms with E-state index in [9.17, 15) is 9.59 Å². The molecule has 1 saturated heterocycles. The van der Waals surface area contributed by atoms with E-state index >= 15 is 0 Å². The zero-order valence-corrected chi connectivity index (χ0v) is 15.4. The van der Waals surface area contributed by atoms with Gasteiger partial charge in [0.15, 0.2) is 5.11 Å². The van der Waals surface area contributed by atoms with Gasteiger partial charge < -0.3 is 4.57 Å². The first-order valence-electron chi connectivity index (χ1n) is 7.90. The Morgan fingerprint density at radius 3 is 2.44 bits per heavy atom. The van der Waals surface area contributed by atoms with Gasteiger partial charge in [0.25, 0.3) is 11.8 Å². The number of aromatic nitrogens is 1. The molecule has 1 aromatic carbocycles. The zero-order valence-electron chi connectivity index (χ0n) is 14.6. The Balaban J connectivity index is 2.06. The van der Waals surface area contributed by atoms with E-state index in [4.69, 9.17) is 12.2 Å². The maximum Gasteiger partial charge on any atom is 0.270 e. The summed E-state index contributed by atoms with van der Waals surface area (Å²) in [5.41, 5.74) is 4.60. The van der Waals surface area contributed by atoms with Crippen LogP contribution in [0.25, 0.3) is 6.08 Å². The van der Waals surface area contributed by atoms with E-state index in [1.807, 2.05) is 56.7 Å². The molecule has 2 heterocycles. The Labute approximate surface area is 151 Å². The zero-order chi connectivity index (χ0) is 18.3. The second-order valence-electron chi connectivity index (χ2n) is 6.18. The summed E-state index contributed by atoms with van der Waals surface area (Å²) in [5.74, 6) is -0.889. The molecule has 2 aromatic rings. The minimum absolute atomic E-state index is 0.0730. The summed E-state index contributed by atoms with van der Waals surface area (Å²) in [6, 6.07) is 9.39. The molecule has 1 aliphatic heterocycles. The molecule has 0 aliphatic carbocycles. The van der Waals surface area contributed by atoms with Gasteiger partial charge in [0.2, 0.25) is 0 Å². The van der Waals surface area contributed by atoms with Crippen LogP contribution in [-0.4, -0.2) is 21.5 Å². The van der Waals surface area contributed by atoms with Crippen LogP contribution in [0.2, 0.25) is 0 Å². The molecular weight excluding hydrogens is 334 g/mol. The van der Waals surface area contributed by atoms with E-state index in [-0.39, 0.29) is 10.7 Å².